The van der Waals surface area contributed by atoms with Crippen LogP contribution in [0.3, 0.4) is 0 Å². The van der Waals surface area contributed by atoms with Gasteiger partial charge < -0.3 is 9.47 Å². The molecule has 0 atom stereocenters. The third kappa shape index (κ3) is 7.08. The van der Waals surface area contributed by atoms with Crippen molar-refractivity contribution in [3.63, 3.8) is 0 Å². The molecule has 3 nitrogen and oxygen atoms in total. The van der Waals surface area contributed by atoms with Gasteiger partial charge in [-0.15, -0.1) is 0 Å². The van der Waals surface area contributed by atoms with Crippen LogP contribution >= 0.6 is 0 Å². The maximum Gasteiger partial charge on any atom is 0.193 e. The Morgan fingerprint density at radius 1 is 0.500 bits per heavy atom. The lowest BCUT2D eigenvalue weighted by Gasteiger charge is -2.09. The minimum Gasteiger partial charge on any atom is -0.457 e. The summed E-state index contributed by atoms with van der Waals surface area (Å²) in [5, 5.41) is 0. The average molecular weight is 479 g/mol. The summed E-state index contributed by atoms with van der Waals surface area (Å²) in [6.45, 7) is 4.40. The average Bonchev–Trinajstić information content (AvgIpc) is 2.93. The van der Waals surface area contributed by atoms with E-state index in [1.54, 1.807) is 24.3 Å². The summed E-state index contributed by atoms with van der Waals surface area (Å²) in [6, 6.07) is 31.0. The summed E-state index contributed by atoms with van der Waals surface area (Å²) >= 11 is 0. The first-order valence-corrected chi connectivity index (χ1v) is 12.9. The SMILES string of the molecule is CCCCc1ccc(Oc2ccc(C(=O)c3ccc(Oc4ccc(CCCC)cc4)cc3)cc2)cc1. The molecule has 0 radical (unpaired) electrons. The molecule has 0 saturated heterocycles. The zero-order valence-corrected chi connectivity index (χ0v) is 21.2. The van der Waals surface area contributed by atoms with E-state index in [0.717, 1.165) is 24.3 Å². The van der Waals surface area contributed by atoms with E-state index < -0.39 is 0 Å². The van der Waals surface area contributed by atoms with E-state index >= 15 is 0 Å². The number of carbonyl (C=O) groups is 1. The molecule has 0 heterocycles. The number of rotatable bonds is 12. The Hall–Kier alpha value is -3.85. The Balaban J connectivity index is 1.33. The van der Waals surface area contributed by atoms with E-state index in [4.69, 9.17) is 9.47 Å². The molecule has 0 aromatic heterocycles. The Morgan fingerprint density at radius 3 is 1.11 bits per heavy atom. The van der Waals surface area contributed by atoms with Crippen LogP contribution in [0.4, 0.5) is 0 Å². The van der Waals surface area contributed by atoms with Gasteiger partial charge in [0.25, 0.3) is 0 Å². The number of hydrogen-bond acceptors (Lipinski definition) is 3. The van der Waals surface area contributed by atoms with Crippen LogP contribution in [0.15, 0.2) is 97.1 Å². The lowest BCUT2D eigenvalue weighted by atomic mass is 10.0. The number of hydrogen-bond donors (Lipinski definition) is 0. The summed E-state index contributed by atoms with van der Waals surface area (Å²) in [4.78, 5) is 13.0. The van der Waals surface area contributed by atoms with Crippen molar-refractivity contribution in [3.05, 3.63) is 119 Å². The number of aryl methyl sites for hydroxylation is 2. The molecule has 0 fully saturated rings. The van der Waals surface area contributed by atoms with Crippen molar-refractivity contribution in [1.82, 2.24) is 0 Å². The molecule has 4 aromatic carbocycles. The number of ketones is 1. The minimum absolute atomic E-state index is 0.0337. The summed E-state index contributed by atoms with van der Waals surface area (Å²) in [5.74, 6) is 2.96. The van der Waals surface area contributed by atoms with E-state index in [2.05, 4.69) is 38.1 Å². The van der Waals surface area contributed by atoms with E-state index in [9.17, 15) is 4.79 Å². The van der Waals surface area contributed by atoms with Crippen molar-refractivity contribution in [1.29, 1.82) is 0 Å². The summed E-state index contributed by atoms with van der Waals surface area (Å²) < 4.78 is 11.9. The lowest BCUT2D eigenvalue weighted by Crippen LogP contribution is -2.01. The van der Waals surface area contributed by atoms with Gasteiger partial charge in [0.15, 0.2) is 5.78 Å². The van der Waals surface area contributed by atoms with Gasteiger partial charge in [0.1, 0.15) is 23.0 Å². The molecule has 0 amide bonds. The quantitative estimate of drug-likeness (QED) is 0.190. The molecule has 0 saturated carbocycles. The van der Waals surface area contributed by atoms with Gasteiger partial charge >= 0.3 is 0 Å². The first-order chi connectivity index (χ1) is 17.6. The van der Waals surface area contributed by atoms with Gasteiger partial charge in [0, 0.05) is 11.1 Å². The van der Waals surface area contributed by atoms with Crippen molar-refractivity contribution >= 4 is 5.78 Å². The van der Waals surface area contributed by atoms with Crippen molar-refractivity contribution in [2.75, 3.05) is 0 Å². The molecule has 4 aromatic rings. The standard InChI is InChI=1S/C33H34O3/c1-3-5-7-25-9-17-29(18-10-25)35-31-21-13-27(14-22-31)33(34)28-15-23-32(24-16-28)36-30-19-11-26(12-20-30)8-6-4-2/h9-24H,3-8H2,1-2H3. The molecular formula is C33H34O3. The van der Waals surface area contributed by atoms with E-state index in [1.165, 1.54) is 36.8 Å². The highest BCUT2D eigenvalue weighted by molar-refractivity contribution is 6.09. The first-order valence-electron chi connectivity index (χ1n) is 12.9. The van der Waals surface area contributed by atoms with Crippen LogP contribution in [-0.4, -0.2) is 5.78 Å². The Bertz CT molecular complexity index is 1120. The molecule has 0 bridgehead atoms. The second-order valence-corrected chi connectivity index (χ2v) is 9.08. The zero-order valence-electron chi connectivity index (χ0n) is 21.2. The van der Waals surface area contributed by atoms with Crippen molar-refractivity contribution in [3.8, 4) is 23.0 Å². The molecule has 4 rings (SSSR count). The molecule has 0 aliphatic rings. The molecular weight excluding hydrogens is 444 g/mol. The van der Waals surface area contributed by atoms with Gasteiger partial charge in [-0.2, -0.15) is 0 Å². The second-order valence-electron chi connectivity index (χ2n) is 9.08. The largest absolute Gasteiger partial charge is 0.457 e. The van der Waals surface area contributed by atoms with Crippen LogP contribution in [-0.2, 0) is 12.8 Å². The molecule has 0 N–H and O–H groups in total. The van der Waals surface area contributed by atoms with Gasteiger partial charge in [0.2, 0.25) is 0 Å². The number of carbonyl (C=O) groups excluding carboxylic acids is 1. The summed E-state index contributed by atoms with van der Waals surface area (Å²) in [5.41, 5.74) is 3.88. The highest BCUT2D eigenvalue weighted by atomic mass is 16.5. The Morgan fingerprint density at radius 2 is 0.806 bits per heavy atom. The van der Waals surface area contributed by atoms with E-state index in [0.29, 0.717) is 22.6 Å². The number of benzene rings is 4. The fraction of sp³-hybridized carbons (Fsp3) is 0.242. The molecule has 184 valence electrons. The van der Waals surface area contributed by atoms with Gasteiger partial charge in [-0.3, -0.25) is 4.79 Å². The maximum absolute atomic E-state index is 13.0. The fourth-order valence-corrected chi connectivity index (χ4v) is 4.00. The van der Waals surface area contributed by atoms with Gasteiger partial charge in [-0.05, 0) is 110 Å². The van der Waals surface area contributed by atoms with E-state index in [1.807, 2.05) is 48.5 Å². The first kappa shape index (κ1) is 25.2. The third-order valence-electron chi connectivity index (χ3n) is 6.19. The maximum atomic E-state index is 13.0. The third-order valence-corrected chi connectivity index (χ3v) is 6.19. The highest BCUT2D eigenvalue weighted by Crippen LogP contribution is 2.25. The van der Waals surface area contributed by atoms with Crippen molar-refractivity contribution in [2.45, 2.75) is 52.4 Å². The van der Waals surface area contributed by atoms with Crippen LogP contribution in [0.25, 0.3) is 0 Å². The minimum atomic E-state index is -0.0337. The monoisotopic (exact) mass is 478 g/mol. The molecule has 0 aliphatic heterocycles. The normalized spacial score (nSPS) is 10.7. The fourth-order valence-electron chi connectivity index (χ4n) is 4.00. The highest BCUT2D eigenvalue weighted by Gasteiger charge is 2.10. The summed E-state index contributed by atoms with van der Waals surface area (Å²) in [6.07, 6.45) is 6.94. The van der Waals surface area contributed by atoms with Crippen LogP contribution < -0.4 is 9.47 Å². The predicted molar refractivity (Wildman–Crippen MR) is 147 cm³/mol. The van der Waals surface area contributed by atoms with Gasteiger partial charge in [-0.1, -0.05) is 51.0 Å². The number of unbranched alkanes of at least 4 members (excludes halogenated alkanes) is 2. The molecule has 36 heavy (non-hydrogen) atoms. The van der Waals surface area contributed by atoms with Crippen LogP contribution in [0, 0.1) is 0 Å². The second kappa shape index (κ2) is 12.7. The molecule has 0 aliphatic carbocycles. The smallest absolute Gasteiger partial charge is 0.193 e. The Kier molecular flexibility index (Phi) is 8.93. The summed E-state index contributed by atoms with van der Waals surface area (Å²) in [7, 11) is 0. The molecule has 0 spiro atoms. The lowest BCUT2D eigenvalue weighted by molar-refractivity contribution is 0.103. The van der Waals surface area contributed by atoms with Crippen molar-refractivity contribution in [2.24, 2.45) is 0 Å². The molecule has 0 unspecified atom stereocenters. The zero-order chi connectivity index (χ0) is 25.2. The van der Waals surface area contributed by atoms with Crippen LogP contribution in [0.1, 0.15) is 66.6 Å². The predicted octanol–water partition coefficient (Wildman–Crippen LogP) is 9.19. The number of ether oxygens (including phenoxy) is 2. The topological polar surface area (TPSA) is 35.5 Å². The molecule has 3 heteroatoms. The van der Waals surface area contributed by atoms with Gasteiger partial charge in [-0.25, -0.2) is 0 Å². The van der Waals surface area contributed by atoms with Crippen LogP contribution in [0.2, 0.25) is 0 Å². The Labute approximate surface area is 214 Å². The van der Waals surface area contributed by atoms with E-state index in [-0.39, 0.29) is 5.78 Å². The van der Waals surface area contributed by atoms with Gasteiger partial charge in [0.05, 0.1) is 0 Å². The van der Waals surface area contributed by atoms with Crippen molar-refractivity contribution < 1.29 is 14.3 Å². The van der Waals surface area contributed by atoms with Crippen LogP contribution in [0.5, 0.6) is 23.0 Å².